The Balaban J connectivity index is 1.54. The van der Waals surface area contributed by atoms with E-state index < -0.39 is 6.10 Å². The van der Waals surface area contributed by atoms with Gasteiger partial charge in [0.05, 0.1) is 0 Å². The summed E-state index contributed by atoms with van der Waals surface area (Å²) in [7, 11) is 0. The number of ether oxygens (including phenoxy) is 2. The zero-order chi connectivity index (χ0) is 20.3. The van der Waals surface area contributed by atoms with E-state index in [-0.39, 0.29) is 34.7 Å². The van der Waals surface area contributed by atoms with Crippen molar-refractivity contribution >= 4 is 17.7 Å². The van der Waals surface area contributed by atoms with Crippen molar-refractivity contribution in [2.75, 3.05) is 0 Å². The van der Waals surface area contributed by atoms with Gasteiger partial charge < -0.3 is 9.47 Å². The van der Waals surface area contributed by atoms with Gasteiger partial charge in [0.15, 0.2) is 11.9 Å². The van der Waals surface area contributed by atoms with Crippen LogP contribution in [0.5, 0.6) is 0 Å². The van der Waals surface area contributed by atoms with E-state index in [1.54, 1.807) is 0 Å². The number of carbonyl (C=O) groups excluding carboxylic acids is 3. The Bertz CT molecular complexity index is 686. The summed E-state index contributed by atoms with van der Waals surface area (Å²) in [5.41, 5.74) is 0.0610. The van der Waals surface area contributed by atoms with Gasteiger partial charge in [0.1, 0.15) is 6.10 Å². The Morgan fingerprint density at radius 3 is 2.25 bits per heavy atom. The highest BCUT2D eigenvalue weighted by molar-refractivity contribution is 5.89. The molecule has 156 valence electrons. The first-order valence-corrected chi connectivity index (χ1v) is 11.0. The van der Waals surface area contributed by atoms with E-state index in [4.69, 9.17) is 9.47 Å². The number of esters is 2. The lowest BCUT2D eigenvalue weighted by atomic mass is 9.45. The minimum Gasteiger partial charge on any atom is -0.463 e. The van der Waals surface area contributed by atoms with Gasteiger partial charge in [0.25, 0.3) is 0 Å². The van der Waals surface area contributed by atoms with Crippen molar-refractivity contribution < 1.29 is 23.9 Å². The van der Waals surface area contributed by atoms with Gasteiger partial charge in [-0.1, -0.05) is 13.8 Å². The second kappa shape index (κ2) is 6.84. The van der Waals surface area contributed by atoms with Crippen LogP contribution in [0.25, 0.3) is 0 Å². The van der Waals surface area contributed by atoms with Crippen molar-refractivity contribution in [1.29, 1.82) is 0 Å². The fourth-order valence-electron chi connectivity index (χ4n) is 7.68. The summed E-state index contributed by atoms with van der Waals surface area (Å²) in [6.07, 6.45) is 7.46. The molecule has 0 heterocycles. The molecule has 0 spiro atoms. The van der Waals surface area contributed by atoms with Gasteiger partial charge in [-0.25, -0.2) is 0 Å². The molecule has 4 rings (SSSR count). The fraction of sp³-hybridized carbons (Fsp3) is 0.870. The molecule has 0 radical (unpaired) electrons. The van der Waals surface area contributed by atoms with Crippen LogP contribution in [-0.4, -0.2) is 29.9 Å². The van der Waals surface area contributed by atoms with E-state index in [2.05, 4.69) is 13.8 Å². The first-order valence-electron chi connectivity index (χ1n) is 11.0. The van der Waals surface area contributed by atoms with E-state index in [0.717, 1.165) is 44.9 Å². The molecule has 8 atom stereocenters. The van der Waals surface area contributed by atoms with Crippen molar-refractivity contribution in [3.8, 4) is 0 Å². The van der Waals surface area contributed by atoms with E-state index in [1.807, 2.05) is 0 Å². The normalized spacial score (nSPS) is 47.5. The lowest BCUT2D eigenvalue weighted by Crippen LogP contribution is -2.55. The Labute approximate surface area is 167 Å². The molecule has 0 aliphatic heterocycles. The summed E-state index contributed by atoms with van der Waals surface area (Å²) in [6.45, 7) is 7.53. The van der Waals surface area contributed by atoms with Crippen LogP contribution in [0.4, 0.5) is 0 Å². The molecule has 4 saturated carbocycles. The minimum absolute atomic E-state index is 0.0717. The summed E-state index contributed by atoms with van der Waals surface area (Å²) in [5.74, 6) is 1.68. The smallest absolute Gasteiger partial charge is 0.303 e. The molecule has 0 bridgehead atoms. The molecule has 0 amide bonds. The first kappa shape index (κ1) is 19.9. The molecule has 0 aromatic heterocycles. The monoisotopic (exact) mass is 390 g/mol. The van der Waals surface area contributed by atoms with E-state index in [9.17, 15) is 14.4 Å². The van der Waals surface area contributed by atoms with Crippen molar-refractivity contribution in [3.05, 3.63) is 0 Å². The maximum Gasteiger partial charge on any atom is 0.303 e. The lowest BCUT2D eigenvalue weighted by Gasteiger charge is -2.60. The molecule has 0 N–H and O–H groups in total. The molecule has 4 aliphatic carbocycles. The zero-order valence-corrected chi connectivity index (χ0v) is 17.7. The van der Waals surface area contributed by atoms with Crippen molar-refractivity contribution in [2.24, 2.45) is 34.5 Å². The third-order valence-corrected chi connectivity index (χ3v) is 8.98. The molecule has 4 unspecified atom stereocenters. The Hall–Kier alpha value is -1.39. The fourth-order valence-corrected chi connectivity index (χ4v) is 7.68. The third-order valence-electron chi connectivity index (χ3n) is 8.98. The number of Topliss-reactive ketones (excluding diaryl/α,β-unsaturated/α-hetero) is 1. The lowest BCUT2D eigenvalue weighted by molar-refractivity contribution is -0.169. The Kier molecular flexibility index (Phi) is 4.86. The van der Waals surface area contributed by atoms with Gasteiger partial charge in [0, 0.05) is 25.7 Å². The average molecular weight is 391 g/mol. The molecule has 5 nitrogen and oxygen atoms in total. The molecule has 0 aromatic carbocycles. The van der Waals surface area contributed by atoms with Crippen molar-refractivity contribution in [1.82, 2.24) is 0 Å². The number of carbonyl (C=O) groups is 3. The van der Waals surface area contributed by atoms with Crippen LogP contribution in [-0.2, 0) is 23.9 Å². The molecule has 4 fully saturated rings. The van der Waals surface area contributed by atoms with Crippen LogP contribution in [0.15, 0.2) is 0 Å². The van der Waals surface area contributed by atoms with Gasteiger partial charge in [-0.05, 0) is 74.0 Å². The van der Waals surface area contributed by atoms with Crippen LogP contribution >= 0.6 is 0 Å². The summed E-state index contributed by atoms with van der Waals surface area (Å²) >= 11 is 0. The zero-order valence-electron chi connectivity index (χ0n) is 17.7. The van der Waals surface area contributed by atoms with Gasteiger partial charge in [-0.2, -0.15) is 0 Å². The molecule has 4 aliphatic rings. The maximum absolute atomic E-state index is 12.7. The number of hydrogen-bond donors (Lipinski definition) is 0. The topological polar surface area (TPSA) is 69.7 Å². The van der Waals surface area contributed by atoms with E-state index in [0.29, 0.717) is 30.1 Å². The van der Waals surface area contributed by atoms with Crippen LogP contribution in [0, 0.1) is 34.5 Å². The van der Waals surface area contributed by atoms with Gasteiger partial charge in [-0.3, -0.25) is 14.4 Å². The van der Waals surface area contributed by atoms with Gasteiger partial charge >= 0.3 is 11.9 Å². The highest BCUT2D eigenvalue weighted by Crippen LogP contribution is 2.66. The number of rotatable bonds is 2. The van der Waals surface area contributed by atoms with Gasteiger partial charge in [-0.15, -0.1) is 0 Å². The molecule has 5 heteroatoms. The first-order chi connectivity index (χ1) is 13.1. The summed E-state index contributed by atoms with van der Waals surface area (Å²) in [4.78, 5) is 35.7. The number of hydrogen-bond acceptors (Lipinski definition) is 5. The van der Waals surface area contributed by atoms with Crippen LogP contribution in [0.2, 0.25) is 0 Å². The minimum atomic E-state index is -0.554. The second-order valence-corrected chi connectivity index (χ2v) is 10.4. The number of ketones is 1. The Morgan fingerprint density at radius 2 is 1.57 bits per heavy atom. The summed E-state index contributed by atoms with van der Waals surface area (Å²) < 4.78 is 11.1. The van der Waals surface area contributed by atoms with E-state index in [1.165, 1.54) is 13.8 Å². The Morgan fingerprint density at radius 1 is 0.893 bits per heavy atom. The highest BCUT2D eigenvalue weighted by Gasteiger charge is 2.63. The predicted octanol–water partition coefficient (Wildman–Crippen LogP) is 4.07. The van der Waals surface area contributed by atoms with E-state index >= 15 is 0 Å². The highest BCUT2D eigenvalue weighted by atomic mass is 16.5. The van der Waals surface area contributed by atoms with Crippen LogP contribution in [0.1, 0.15) is 79.1 Å². The second-order valence-electron chi connectivity index (χ2n) is 10.4. The molecular formula is C23H34O5. The molecule has 0 aromatic rings. The average Bonchev–Trinajstić information content (AvgIpc) is 2.85. The van der Waals surface area contributed by atoms with Crippen LogP contribution < -0.4 is 0 Å². The predicted molar refractivity (Wildman–Crippen MR) is 103 cm³/mol. The maximum atomic E-state index is 12.7. The largest absolute Gasteiger partial charge is 0.463 e. The standard InChI is InChI=1S/C23H34O5/c1-13(24)27-16-7-9-22(3)15(11-16)5-6-17-18(22)8-10-23(4)19(17)12-20(26)21(23)28-14(2)25/h15-19,21H,5-12H2,1-4H3/t15?,16?,17-,18?,19?,21+,22+,23+/m0/s1. The molecule has 28 heavy (non-hydrogen) atoms. The van der Waals surface area contributed by atoms with Gasteiger partial charge in [0.2, 0.25) is 0 Å². The van der Waals surface area contributed by atoms with Crippen molar-refractivity contribution in [2.45, 2.75) is 91.3 Å². The van der Waals surface area contributed by atoms with Crippen molar-refractivity contribution in [3.63, 3.8) is 0 Å². The third kappa shape index (κ3) is 3.00. The number of fused-ring (bicyclic) bond motifs is 5. The quantitative estimate of drug-likeness (QED) is 0.665. The SMILES string of the molecule is CC(=O)OC1CC[C@]2(C)C(CC[C@H]3C2CC[C@]2(C)C3CC(=O)[C@H]2OC(C)=O)C1. The summed E-state index contributed by atoms with van der Waals surface area (Å²) in [6, 6.07) is 0. The molecule has 0 saturated heterocycles. The summed E-state index contributed by atoms with van der Waals surface area (Å²) in [5, 5.41) is 0. The van der Waals surface area contributed by atoms with Crippen LogP contribution in [0.3, 0.4) is 0 Å². The molecular weight excluding hydrogens is 356 g/mol.